The largest absolute Gasteiger partial charge is 0.423 e. The number of aryl methyl sites for hydroxylation is 2. The number of hydrogen-bond donors (Lipinski definition) is 1. The summed E-state index contributed by atoms with van der Waals surface area (Å²) in [6.07, 6.45) is 5.28. The van der Waals surface area contributed by atoms with E-state index < -0.39 is 0 Å². The number of aromatic amines is 1. The lowest BCUT2D eigenvalue weighted by molar-refractivity contribution is 0.0941. The lowest BCUT2D eigenvalue weighted by Gasteiger charge is -2.11. The fraction of sp³-hybridized carbons (Fsp3) is 0.450. The number of nitrogens with one attached hydrogen (secondary N) is 1. The van der Waals surface area contributed by atoms with E-state index >= 15 is 0 Å². The van der Waals surface area contributed by atoms with Gasteiger partial charge in [0.1, 0.15) is 5.58 Å². The first-order valence-electron chi connectivity index (χ1n) is 9.65. The Balaban J connectivity index is 1.44. The van der Waals surface area contributed by atoms with E-state index in [0.29, 0.717) is 23.0 Å². The third kappa shape index (κ3) is 3.31. The van der Waals surface area contributed by atoms with Crippen LogP contribution in [0.5, 0.6) is 0 Å². The van der Waals surface area contributed by atoms with Gasteiger partial charge in [-0.05, 0) is 60.9 Å². The van der Waals surface area contributed by atoms with Crippen molar-refractivity contribution in [1.82, 2.24) is 14.8 Å². The fourth-order valence-electron chi connectivity index (χ4n) is 4.12. The van der Waals surface area contributed by atoms with Crippen molar-refractivity contribution in [2.24, 2.45) is 0 Å². The fourth-order valence-corrected chi connectivity index (χ4v) is 5.07. The van der Waals surface area contributed by atoms with Gasteiger partial charge < -0.3 is 9.15 Å². The predicted octanol–water partition coefficient (Wildman–Crippen LogP) is 2.64. The molecular weight excluding hydrogens is 378 g/mol. The zero-order chi connectivity index (χ0) is 19.1. The number of rotatable bonds is 5. The summed E-state index contributed by atoms with van der Waals surface area (Å²) in [4.78, 5) is 24.2. The van der Waals surface area contributed by atoms with E-state index in [1.165, 1.54) is 22.9 Å². The maximum Gasteiger partial charge on any atom is 0.344 e. The molecule has 1 aliphatic carbocycles. The van der Waals surface area contributed by atoms with Gasteiger partial charge in [-0.15, -0.1) is 5.10 Å². The van der Waals surface area contributed by atoms with Gasteiger partial charge in [0.05, 0.1) is 12.6 Å². The molecule has 0 saturated carbocycles. The van der Waals surface area contributed by atoms with Gasteiger partial charge in [0.25, 0.3) is 0 Å². The second-order valence-corrected chi connectivity index (χ2v) is 8.35. The Hall–Kier alpha value is -2.32. The van der Waals surface area contributed by atoms with Crippen molar-refractivity contribution in [2.75, 3.05) is 6.61 Å². The summed E-state index contributed by atoms with van der Waals surface area (Å²) in [7, 11) is 0. The van der Waals surface area contributed by atoms with Crippen molar-refractivity contribution in [3.05, 3.63) is 55.8 Å². The first-order chi connectivity index (χ1) is 13.7. The number of fused-ring (bicyclic) bond motifs is 2. The SMILES string of the molecule is O=c1cc(CSc2n[nH]c(=O)n2CC2CCCO2)c2cc3c(cc2o1)CCC3. The van der Waals surface area contributed by atoms with Gasteiger partial charge in [0.15, 0.2) is 5.16 Å². The second kappa shape index (κ2) is 7.25. The Bertz CT molecular complexity index is 1140. The van der Waals surface area contributed by atoms with Gasteiger partial charge in [-0.1, -0.05) is 11.8 Å². The molecule has 1 atom stereocenters. The topological polar surface area (TPSA) is 90.1 Å². The first kappa shape index (κ1) is 17.8. The van der Waals surface area contributed by atoms with Crippen LogP contribution in [0.3, 0.4) is 0 Å². The molecule has 3 aromatic rings. The molecule has 2 aliphatic rings. The highest BCUT2D eigenvalue weighted by Gasteiger charge is 2.20. The molecule has 1 aromatic carbocycles. The highest BCUT2D eigenvalue weighted by atomic mass is 32.2. The first-order valence-corrected chi connectivity index (χ1v) is 10.6. The summed E-state index contributed by atoms with van der Waals surface area (Å²) >= 11 is 1.45. The standard InChI is InChI=1S/C20H21N3O4S/c24-18-9-14(16-7-12-3-1-4-13(12)8-17(16)27-18)11-28-20-22-21-19(25)23(20)10-15-5-2-6-26-15/h7-9,15H,1-6,10-11H2,(H,21,25). The number of ether oxygens (including phenoxy) is 1. The lowest BCUT2D eigenvalue weighted by atomic mass is 10.0. The third-order valence-corrected chi connectivity index (χ3v) is 6.56. The van der Waals surface area contributed by atoms with Gasteiger partial charge in [0, 0.05) is 23.8 Å². The van der Waals surface area contributed by atoms with Gasteiger partial charge in [0.2, 0.25) is 0 Å². The number of aromatic nitrogens is 3. The average Bonchev–Trinajstić information content (AvgIpc) is 3.41. The summed E-state index contributed by atoms with van der Waals surface area (Å²) < 4.78 is 12.7. The predicted molar refractivity (Wildman–Crippen MR) is 106 cm³/mol. The molecule has 1 fully saturated rings. The molecule has 7 nitrogen and oxygen atoms in total. The number of thioether (sulfide) groups is 1. The Kier molecular flexibility index (Phi) is 4.60. The molecule has 0 radical (unpaired) electrons. The van der Waals surface area contributed by atoms with Crippen LogP contribution >= 0.6 is 11.8 Å². The summed E-state index contributed by atoms with van der Waals surface area (Å²) in [6, 6.07) is 5.71. The summed E-state index contributed by atoms with van der Waals surface area (Å²) in [5, 5.41) is 8.28. The molecule has 146 valence electrons. The molecule has 0 spiro atoms. The van der Waals surface area contributed by atoms with Crippen LogP contribution < -0.4 is 11.3 Å². The van der Waals surface area contributed by atoms with Crippen LogP contribution in [0.4, 0.5) is 0 Å². The van der Waals surface area contributed by atoms with Crippen molar-refractivity contribution in [2.45, 2.75) is 55.7 Å². The Morgan fingerprint density at radius 1 is 1.18 bits per heavy atom. The molecule has 1 unspecified atom stereocenters. The zero-order valence-electron chi connectivity index (χ0n) is 15.4. The zero-order valence-corrected chi connectivity index (χ0v) is 16.2. The number of H-pyrrole nitrogens is 1. The maximum atomic E-state index is 12.1. The van der Waals surface area contributed by atoms with Crippen molar-refractivity contribution >= 4 is 22.7 Å². The molecule has 0 amide bonds. The lowest BCUT2D eigenvalue weighted by Crippen LogP contribution is -2.24. The smallest absolute Gasteiger partial charge is 0.344 e. The van der Waals surface area contributed by atoms with Crippen LogP contribution in [0.2, 0.25) is 0 Å². The molecule has 1 aliphatic heterocycles. The van der Waals surface area contributed by atoms with E-state index in [9.17, 15) is 9.59 Å². The van der Waals surface area contributed by atoms with Gasteiger partial charge >= 0.3 is 11.3 Å². The Morgan fingerprint density at radius 3 is 2.86 bits per heavy atom. The molecule has 8 heteroatoms. The van der Waals surface area contributed by atoms with E-state index in [-0.39, 0.29) is 17.4 Å². The highest BCUT2D eigenvalue weighted by molar-refractivity contribution is 7.98. The monoisotopic (exact) mass is 399 g/mol. The van der Waals surface area contributed by atoms with Gasteiger partial charge in [-0.25, -0.2) is 14.7 Å². The van der Waals surface area contributed by atoms with Crippen molar-refractivity contribution in [3.8, 4) is 0 Å². The van der Waals surface area contributed by atoms with E-state index in [4.69, 9.17) is 9.15 Å². The summed E-state index contributed by atoms with van der Waals surface area (Å²) in [6.45, 7) is 1.25. The average molecular weight is 399 g/mol. The Labute approximate surface area is 165 Å². The van der Waals surface area contributed by atoms with Crippen LogP contribution in [-0.2, 0) is 29.9 Å². The Morgan fingerprint density at radius 2 is 2.04 bits per heavy atom. The van der Waals surface area contributed by atoms with Crippen LogP contribution in [0.15, 0.2) is 37.4 Å². The van der Waals surface area contributed by atoms with Gasteiger partial charge in [-0.3, -0.25) is 4.57 Å². The highest BCUT2D eigenvalue weighted by Crippen LogP contribution is 2.31. The van der Waals surface area contributed by atoms with E-state index in [0.717, 1.165) is 49.7 Å². The number of hydrogen-bond acceptors (Lipinski definition) is 6. The minimum absolute atomic E-state index is 0.0573. The molecule has 28 heavy (non-hydrogen) atoms. The molecule has 5 rings (SSSR count). The summed E-state index contributed by atoms with van der Waals surface area (Å²) in [5.74, 6) is 0.538. The second-order valence-electron chi connectivity index (χ2n) is 7.41. The van der Waals surface area contributed by atoms with E-state index in [1.54, 1.807) is 10.6 Å². The van der Waals surface area contributed by atoms with Gasteiger partial charge in [-0.2, -0.15) is 0 Å². The maximum absolute atomic E-state index is 12.1. The van der Waals surface area contributed by atoms with Crippen LogP contribution in [0.25, 0.3) is 11.0 Å². The van der Waals surface area contributed by atoms with Crippen molar-refractivity contribution < 1.29 is 9.15 Å². The van der Waals surface area contributed by atoms with Crippen molar-refractivity contribution in [1.29, 1.82) is 0 Å². The molecule has 3 heterocycles. The normalized spacial score (nSPS) is 18.8. The quantitative estimate of drug-likeness (QED) is 0.524. The molecule has 1 N–H and O–H groups in total. The molecule has 1 saturated heterocycles. The van der Waals surface area contributed by atoms with E-state index in [1.807, 2.05) is 6.07 Å². The minimum atomic E-state index is -0.347. The molecular formula is C20H21N3O4S. The minimum Gasteiger partial charge on any atom is -0.423 e. The molecule has 2 aromatic heterocycles. The van der Waals surface area contributed by atoms with Crippen molar-refractivity contribution in [3.63, 3.8) is 0 Å². The van der Waals surface area contributed by atoms with Crippen LogP contribution in [0.1, 0.15) is 36.0 Å². The summed E-state index contributed by atoms with van der Waals surface area (Å²) in [5.41, 5.74) is 3.58. The number of benzene rings is 1. The third-order valence-electron chi connectivity index (χ3n) is 5.53. The molecule has 0 bridgehead atoms. The van der Waals surface area contributed by atoms with Crippen LogP contribution in [0, 0.1) is 0 Å². The number of nitrogens with zero attached hydrogens (tertiary/aromatic N) is 2. The van der Waals surface area contributed by atoms with E-state index in [2.05, 4.69) is 16.3 Å². The van der Waals surface area contributed by atoms with Crippen LogP contribution in [-0.4, -0.2) is 27.5 Å².